The van der Waals surface area contributed by atoms with E-state index in [4.69, 9.17) is 28.2 Å². The van der Waals surface area contributed by atoms with Crippen molar-refractivity contribution < 1.29 is 9.44 Å². The standard InChI is InChI=1S/C27H27BrCl2N4O2/c1-2-18-12-19-13-21(29)15-23(30)25(19)27(26-22(18)14-20(28)16-32-26)33-7-9-34(36,10-8-33)24(35)11-17-3-5-31-6-4-17/h3-6,13-16,18,27H,2,7-12H2,1H3. The van der Waals surface area contributed by atoms with E-state index >= 15 is 0 Å². The van der Waals surface area contributed by atoms with Gasteiger partial charge in [0.25, 0.3) is 0 Å². The second-order valence-electron chi connectivity index (χ2n) is 9.60. The molecule has 2 atom stereocenters. The van der Waals surface area contributed by atoms with Crippen LogP contribution in [0, 0.1) is 5.21 Å². The number of quaternary nitrogens is 1. The summed E-state index contributed by atoms with van der Waals surface area (Å²) in [5, 5.41) is 14.8. The lowest BCUT2D eigenvalue weighted by Gasteiger charge is -2.47. The zero-order valence-electron chi connectivity index (χ0n) is 20.0. The summed E-state index contributed by atoms with van der Waals surface area (Å²) in [6, 6.07) is 9.29. The number of nitrogens with zero attached hydrogens (tertiary/aromatic N) is 4. The van der Waals surface area contributed by atoms with Crippen molar-refractivity contribution in [3.8, 4) is 0 Å². The minimum atomic E-state index is -0.828. The Hall–Kier alpha value is -1.87. The Morgan fingerprint density at radius 1 is 1.19 bits per heavy atom. The quantitative estimate of drug-likeness (QED) is 0.272. The second-order valence-corrected chi connectivity index (χ2v) is 11.4. The highest BCUT2D eigenvalue weighted by atomic mass is 79.9. The van der Waals surface area contributed by atoms with E-state index in [1.54, 1.807) is 30.6 Å². The molecule has 1 aliphatic heterocycles. The zero-order chi connectivity index (χ0) is 25.4. The Kier molecular flexibility index (Phi) is 7.50. The second kappa shape index (κ2) is 10.5. The molecule has 36 heavy (non-hydrogen) atoms. The first kappa shape index (κ1) is 25.8. The third-order valence-electron chi connectivity index (χ3n) is 7.45. The molecule has 1 fully saturated rings. The van der Waals surface area contributed by atoms with Crippen molar-refractivity contribution >= 4 is 45.0 Å². The fourth-order valence-corrected chi connectivity index (χ4v) is 6.48. The Morgan fingerprint density at radius 2 is 1.92 bits per heavy atom. The summed E-state index contributed by atoms with van der Waals surface area (Å²) < 4.78 is 0.106. The Morgan fingerprint density at radius 3 is 2.61 bits per heavy atom. The van der Waals surface area contributed by atoms with Crippen LogP contribution < -0.4 is 0 Å². The van der Waals surface area contributed by atoms with Gasteiger partial charge in [-0.1, -0.05) is 30.1 Å². The van der Waals surface area contributed by atoms with Crippen molar-refractivity contribution in [1.82, 2.24) is 14.9 Å². The van der Waals surface area contributed by atoms with Crippen LogP contribution in [0.3, 0.4) is 0 Å². The molecule has 6 nitrogen and oxygen atoms in total. The van der Waals surface area contributed by atoms with E-state index in [9.17, 15) is 10.0 Å². The molecular weight excluding hydrogens is 563 g/mol. The van der Waals surface area contributed by atoms with E-state index in [1.165, 1.54) is 5.56 Å². The number of pyridine rings is 2. The topological polar surface area (TPSA) is 69.2 Å². The van der Waals surface area contributed by atoms with Gasteiger partial charge in [-0.15, -0.1) is 0 Å². The molecule has 0 bridgehead atoms. The maximum atomic E-state index is 13.5. The molecule has 5 rings (SSSR count). The van der Waals surface area contributed by atoms with E-state index in [2.05, 4.69) is 38.8 Å². The number of halogens is 3. The minimum absolute atomic E-state index is 0.110. The number of fused-ring (bicyclic) bond motifs is 2. The number of rotatable bonds is 4. The van der Waals surface area contributed by atoms with Crippen molar-refractivity contribution in [3.63, 3.8) is 0 Å². The predicted octanol–water partition coefficient (Wildman–Crippen LogP) is 6.08. The van der Waals surface area contributed by atoms with Crippen molar-refractivity contribution in [2.75, 3.05) is 26.2 Å². The number of aromatic nitrogens is 2. The van der Waals surface area contributed by atoms with Gasteiger partial charge in [0.05, 0.1) is 31.2 Å². The number of hydroxylamine groups is 3. The molecule has 9 heteroatoms. The lowest BCUT2D eigenvalue weighted by atomic mass is 9.91. The maximum absolute atomic E-state index is 13.5. The number of amides is 1. The highest BCUT2D eigenvalue weighted by Crippen LogP contribution is 2.45. The molecule has 2 unspecified atom stereocenters. The average Bonchev–Trinajstić information content (AvgIpc) is 2.99. The molecule has 0 radical (unpaired) electrons. The Bertz CT molecular complexity index is 1280. The molecular formula is C27H27BrCl2N4O2. The Balaban J connectivity index is 1.49. The largest absolute Gasteiger partial charge is 0.625 e. The summed E-state index contributed by atoms with van der Waals surface area (Å²) in [6.07, 6.45) is 6.98. The van der Waals surface area contributed by atoms with Gasteiger partial charge in [-0.05, 0) is 87.3 Å². The molecule has 1 aliphatic carbocycles. The molecule has 2 aliphatic rings. The fourth-order valence-electron chi connectivity index (χ4n) is 5.50. The van der Waals surface area contributed by atoms with Crippen LogP contribution in [0.25, 0.3) is 0 Å². The van der Waals surface area contributed by atoms with Gasteiger partial charge in [0, 0.05) is 46.2 Å². The number of piperazine rings is 1. The van der Waals surface area contributed by atoms with Gasteiger partial charge in [0.15, 0.2) is 0 Å². The third kappa shape index (κ3) is 4.97. The highest BCUT2D eigenvalue weighted by molar-refractivity contribution is 9.10. The fraction of sp³-hybridized carbons (Fsp3) is 0.370. The molecule has 0 N–H and O–H groups in total. The van der Waals surface area contributed by atoms with Gasteiger partial charge >= 0.3 is 5.91 Å². The average molecular weight is 590 g/mol. The van der Waals surface area contributed by atoms with E-state index in [0.717, 1.165) is 39.7 Å². The molecule has 0 saturated carbocycles. The molecule has 1 saturated heterocycles. The maximum Gasteiger partial charge on any atom is 0.318 e. The smallest absolute Gasteiger partial charge is 0.318 e. The molecule has 3 heterocycles. The first-order valence-corrected chi connectivity index (χ1v) is 13.7. The molecule has 1 amide bonds. The van der Waals surface area contributed by atoms with Gasteiger partial charge in [-0.25, -0.2) is 4.79 Å². The summed E-state index contributed by atoms with van der Waals surface area (Å²) in [6.45, 7) is 3.47. The lowest BCUT2D eigenvalue weighted by Crippen LogP contribution is -2.60. The Labute approximate surface area is 229 Å². The molecule has 0 spiro atoms. The van der Waals surface area contributed by atoms with Gasteiger partial charge < -0.3 is 5.21 Å². The van der Waals surface area contributed by atoms with Crippen LogP contribution in [0.5, 0.6) is 0 Å². The van der Waals surface area contributed by atoms with E-state index < -0.39 is 4.65 Å². The van der Waals surface area contributed by atoms with Crippen LogP contribution in [0.15, 0.2) is 53.4 Å². The molecule has 3 aromatic rings. The summed E-state index contributed by atoms with van der Waals surface area (Å²) in [7, 11) is 0. The van der Waals surface area contributed by atoms with Gasteiger partial charge in [-0.2, -0.15) is 0 Å². The third-order valence-corrected chi connectivity index (χ3v) is 8.41. The number of carbonyl (C=O) groups excluding carboxylic acids is 1. The highest BCUT2D eigenvalue weighted by Gasteiger charge is 2.40. The monoisotopic (exact) mass is 588 g/mol. The number of carbonyl (C=O) groups is 1. The van der Waals surface area contributed by atoms with E-state index in [1.807, 2.05) is 12.3 Å². The zero-order valence-corrected chi connectivity index (χ0v) is 23.1. The molecule has 2 aromatic heterocycles. The van der Waals surface area contributed by atoms with Crippen LogP contribution in [0.4, 0.5) is 0 Å². The first-order chi connectivity index (χ1) is 17.3. The van der Waals surface area contributed by atoms with Crippen molar-refractivity contribution in [2.24, 2.45) is 0 Å². The minimum Gasteiger partial charge on any atom is -0.625 e. The van der Waals surface area contributed by atoms with E-state index in [0.29, 0.717) is 23.1 Å². The normalized spacial score (nSPS) is 21.4. The first-order valence-electron chi connectivity index (χ1n) is 12.2. The van der Waals surface area contributed by atoms with Crippen molar-refractivity contribution in [1.29, 1.82) is 0 Å². The van der Waals surface area contributed by atoms with Crippen LogP contribution in [0.1, 0.15) is 53.3 Å². The summed E-state index contributed by atoms with van der Waals surface area (Å²) >= 11 is 16.9. The predicted molar refractivity (Wildman–Crippen MR) is 145 cm³/mol. The summed E-state index contributed by atoms with van der Waals surface area (Å²) in [5.41, 5.74) is 5.06. The van der Waals surface area contributed by atoms with Crippen LogP contribution >= 0.6 is 39.1 Å². The summed E-state index contributed by atoms with van der Waals surface area (Å²) in [4.78, 5) is 24.1. The number of hydrogen-bond acceptors (Lipinski definition) is 5. The number of hydrogen-bond donors (Lipinski definition) is 0. The molecule has 1 aromatic carbocycles. The number of benzene rings is 1. The summed E-state index contributed by atoms with van der Waals surface area (Å²) in [5.74, 6) is -0.0511. The molecule has 188 valence electrons. The van der Waals surface area contributed by atoms with Crippen LogP contribution in [-0.2, 0) is 17.6 Å². The van der Waals surface area contributed by atoms with Crippen molar-refractivity contribution in [2.45, 2.75) is 38.1 Å². The van der Waals surface area contributed by atoms with Crippen molar-refractivity contribution in [3.05, 3.63) is 96.6 Å². The van der Waals surface area contributed by atoms with E-state index in [-0.39, 0.29) is 37.4 Å². The SMILES string of the molecule is CCC1Cc2cc(Cl)cc(Cl)c2C(N2CC[N+]([O-])(C(=O)Cc3ccncc3)CC2)c2ncc(Br)cc21. The van der Waals surface area contributed by atoms with Crippen LogP contribution in [-0.4, -0.2) is 51.6 Å². The van der Waals surface area contributed by atoms with Gasteiger partial charge in [-0.3, -0.25) is 19.5 Å². The van der Waals surface area contributed by atoms with Crippen LogP contribution in [0.2, 0.25) is 10.0 Å². The lowest BCUT2D eigenvalue weighted by molar-refractivity contribution is -0.810. The van der Waals surface area contributed by atoms with Gasteiger partial charge in [0.2, 0.25) is 0 Å². The van der Waals surface area contributed by atoms with Gasteiger partial charge in [0.1, 0.15) is 0 Å².